The Morgan fingerprint density at radius 2 is 1.91 bits per heavy atom. The van der Waals surface area contributed by atoms with E-state index in [9.17, 15) is 13.2 Å². The Hall–Kier alpha value is -3.89. The van der Waals surface area contributed by atoms with E-state index in [4.69, 9.17) is 5.73 Å². The zero-order valence-electron chi connectivity index (χ0n) is 19.3. The maximum Gasteiger partial charge on any atom is 0.451 e. The van der Waals surface area contributed by atoms with Crippen LogP contribution in [0.15, 0.2) is 42.7 Å². The van der Waals surface area contributed by atoms with Gasteiger partial charge in [0.05, 0.1) is 6.54 Å². The second-order valence-electron chi connectivity index (χ2n) is 8.86. The van der Waals surface area contributed by atoms with E-state index in [1.165, 1.54) is 0 Å². The molecule has 5 rings (SSSR count). The summed E-state index contributed by atoms with van der Waals surface area (Å²) < 4.78 is 40.6. The average molecular weight is 483 g/mol. The van der Waals surface area contributed by atoms with E-state index in [1.54, 1.807) is 6.20 Å². The van der Waals surface area contributed by atoms with Gasteiger partial charge in [-0.2, -0.15) is 13.2 Å². The lowest BCUT2D eigenvalue weighted by atomic mass is 9.98. The van der Waals surface area contributed by atoms with Gasteiger partial charge < -0.3 is 20.5 Å². The highest BCUT2D eigenvalue weighted by molar-refractivity contribution is 5.99. The molecule has 1 aromatic carbocycles. The van der Waals surface area contributed by atoms with Crippen molar-refractivity contribution in [3.8, 4) is 0 Å². The van der Waals surface area contributed by atoms with Crippen LogP contribution in [0.4, 0.5) is 30.5 Å². The van der Waals surface area contributed by atoms with Gasteiger partial charge in [0, 0.05) is 48.5 Å². The highest BCUT2D eigenvalue weighted by atomic mass is 19.4. The van der Waals surface area contributed by atoms with Gasteiger partial charge in [-0.25, -0.2) is 9.97 Å². The lowest BCUT2D eigenvalue weighted by Crippen LogP contribution is -2.36. The van der Waals surface area contributed by atoms with Crippen molar-refractivity contribution in [2.75, 3.05) is 22.5 Å². The van der Waals surface area contributed by atoms with E-state index in [0.717, 1.165) is 32.2 Å². The van der Waals surface area contributed by atoms with Crippen LogP contribution >= 0.6 is 0 Å². The van der Waals surface area contributed by atoms with Crippen LogP contribution in [0.1, 0.15) is 42.5 Å². The predicted octanol–water partition coefficient (Wildman–Crippen LogP) is 4.58. The van der Waals surface area contributed by atoms with Crippen molar-refractivity contribution >= 4 is 28.1 Å². The summed E-state index contributed by atoms with van der Waals surface area (Å²) in [5, 5.41) is 12.5. The number of alkyl halides is 3. The Labute approximate surface area is 200 Å². The molecule has 0 radical (unpaired) electrons. The zero-order valence-corrected chi connectivity index (χ0v) is 19.3. The summed E-state index contributed by atoms with van der Waals surface area (Å²) in [5.74, 6) is 0.762. The fraction of sp³-hybridized carbons (Fsp3) is 0.333. The Morgan fingerprint density at radius 1 is 1.09 bits per heavy atom. The minimum Gasteiger partial charge on any atom is -0.383 e. The van der Waals surface area contributed by atoms with Crippen molar-refractivity contribution in [2.45, 2.75) is 45.6 Å². The van der Waals surface area contributed by atoms with E-state index in [1.807, 2.05) is 41.4 Å². The molecule has 182 valence electrons. The molecule has 0 fully saturated rings. The van der Waals surface area contributed by atoms with Gasteiger partial charge in [-0.05, 0) is 35.2 Å². The first-order chi connectivity index (χ1) is 16.7. The van der Waals surface area contributed by atoms with Gasteiger partial charge in [-0.3, -0.25) is 0 Å². The number of benzene rings is 1. The molecule has 0 amide bonds. The number of nitrogens with one attached hydrogen (secondary N) is 1. The summed E-state index contributed by atoms with van der Waals surface area (Å²) in [7, 11) is 0. The van der Waals surface area contributed by atoms with E-state index in [-0.39, 0.29) is 24.8 Å². The molecule has 0 aliphatic carbocycles. The summed E-state index contributed by atoms with van der Waals surface area (Å²) in [6, 6.07) is 9.82. The summed E-state index contributed by atoms with van der Waals surface area (Å²) in [6.07, 6.45) is -0.994. The summed E-state index contributed by atoms with van der Waals surface area (Å²) >= 11 is 0. The Bertz CT molecular complexity index is 1380. The van der Waals surface area contributed by atoms with Crippen LogP contribution in [-0.4, -0.2) is 31.3 Å². The van der Waals surface area contributed by atoms with E-state index in [0.29, 0.717) is 24.7 Å². The molecule has 35 heavy (non-hydrogen) atoms. The molecule has 0 saturated carbocycles. The van der Waals surface area contributed by atoms with Crippen LogP contribution in [0.5, 0.6) is 0 Å². The fourth-order valence-electron chi connectivity index (χ4n) is 4.48. The highest BCUT2D eigenvalue weighted by Crippen LogP contribution is 2.32. The number of nitrogens with zero attached hydrogens (tertiary/aromatic N) is 6. The molecular weight excluding hydrogens is 457 g/mol. The molecule has 0 unspecified atom stereocenters. The number of hydrogen-bond acceptors (Lipinski definition) is 7. The first-order valence-electron chi connectivity index (χ1n) is 11.3. The molecule has 11 heteroatoms. The largest absolute Gasteiger partial charge is 0.451 e. The SMILES string of the molecule is CC(C)c1cc(N2CCn3c(nnc3C(F)(F)F)C2)ncc1CNc1cccc2c(N)nccc12. The van der Waals surface area contributed by atoms with Crippen LogP contribution < -0.4 is 16.0 Å². The van der Waals surface area contributed by atoms with Crippen LogP contribution in [0.3, 0.4) is 0 Å². The molecule has 0 atom stereocenters. The molecule has 0 saturated heterocycles. The molecule has 3 aromatic heterocycles. The lowest BCUT2D eigenvalue weighted by Gasteiger charge is -2.29. The summed E-state index contributed by atoms with van der Waals surface area (Å²) in [6.45, 7) is 5.53. The van der Waals surface area contributed by atoms with Crippen LogP contribution in [0.25, 0.3) is 10.8 Å². The molecule has 0 spiro atoms. The standard InChI is InChI=1S/C24H25F3N8/c1-14(2)18-10-20(34-8-9-35-21(13-34)32-33-23(35)24(25,26)27)31-12-15(18)11-30-19-5-3-4-17-16(19)6-7-29-22(17)28/h3-7,10,12,14,30H,8-9,11,13H2,1-2H3,(H2,28,29). The van der Waals surface area contributed by atoms with E-state index in [2.05, 4.69) is 39.3 Å². The van der Waals surface area contributed by atoms with Gasteiger partial charge in [0.25, 0.3) is 0 Å². The summed E-state index contributed by atoms with van der Waals surface area (Å²) in [5.41, 5.74) is 9.13. The normalized spacial score (nSPS) is 13.9. The molecule has 8 nitrogen and oxygen atoms in total. The second-order valence-corrected chi connectivity index (χ2v) is 8.86. The third kappa shape index (κ3) is 4.33. The quantitative estimate of drug-likeness (QED) is 0.430. The Morgan fingerprint density at radius 3 is 2.69 bits per heavy atom. The number of nitrogens with two attached hydrogens (primary N) is 1. The number of pyridine rings is 2. The number of fused-ring (bicyclic) bond motifs is 2. The molecule has 4 aromatic rings. The molecule has 0 bridgehead atoms. The molecular formula is C24H25F3N8. The third-order valence-corrected chi connectivity index (χ3v) is 6.27. The molecule has 3 N–H and O–H groups in total. The Kier molecular flexibility index (Phi) is 5.70. The van der Waals surface area contributed by atoms with Crippen LogP contribution in [0, 0.1) is 0 Å². The molecule has 1 aliphatic heterocycles. The zero-order chi connectivity index (χ0) is 24.7. The van der Waals surface area contributed by atoms with Gasteiger partial charge >= 0.3 is 6.18 Å². The summed E-state index contributed by atoms with van der Waals surface area (Å²) in [4.78, 5) is 10.7. The van der Waals surface area contributed by atoms with Crippen molar-refractivity contribution < 1.29 is 13.2 Å². The van der Waals surface area contributed by atoms with Gasteiger partial charge in [0.2, 0.25) is 5.82 Å². The first kappa shape index (κ1) is 22.9. The fourth-order valence-corrected chi connectivity index (χ4v) is 4.48. The van der Waals surface area contributed by atoms with Crippen molar-refractivity contribution in [1.82, 2.24) is 24.7 Å². The Balaban J connectivity index is 1.38. The number of anilines is 3. The minimum absolute atomic E-state index is 0.151. The predicted molar refractivity (Wildman–Crippen MR) is 128 cm³/mol. The van der Waals surface area contributed by atoms with E-state index >= 15 is 0 Å². The highest BCUT2D eigenvalue weighted by Gasteiger charge is 2.39. The van der Waals surface area contributed by atoms with Gasteiger partial charge in [-0.15, -0.1) is 10.2 Å². The van der Waals surface area contributed by atoms with Crippen molar-refractivity contribution in [3.63, 3.8) is 0 Å². The minimum atomic E-state index is -4.52. The van der Waals surface area contributed by atoms with Crippen LogP contribution in [0.2, 0.25) is 0 Å². The number of halogens is 3. The maximum absolute atomic E-state index is 13.2. The number of nitrogen functional groups attached to an aromatic ring is 1. The lowest BCUT2D eigenvalue weighted by molar-refractivity contribution is -0.147. The number of hydrogen-bond donors (Lipinski definition) is 2. The smallest absolute Gasteiger partial charge is 0.383 e. The van der Waals surface area contributed by atoms with Gasteiger partial charge in [0.15, 0.2) is 5.82 Å². The second kappa shape index (κ2) is 8.71. The molecule has 1 aliphatic rings. The average Bonchev–Trinajstić information content (AvgIpc) is 3.27. The maximum atomic E-state index is 13.2. The van der Waals surface area contributed by atoms with Gasteiger partial charge in [0.1, 0.15) is 11.6 Å². The van der Waals surface area contributed by atoms with Crippen molar-refractivity contribution in [3.05, 3.63) is 65.5 Å². The molecule has 4 heterocycles. The monoisotopic (exact) mass is 482 g/mol. The number of aromatic nitrogens is 5. The van der Waals surface area contributed by atoms with E-state index < -0.39 is 12.0 Å². The first-order valence-corrected chi connectivity index (χ1v) is 11.3. The number of rotatable bonds is 5. The van der Waals surface area contributed by atoms with Gasteiger partial charge in [-0.1, -0.05) is 26.0 Å². The topological polar surface area (TPSA) is 97.8 Å². The third-order valence-electron chi connectivity index (χ3n) is 6.27. The van der Waals surface area contributed by atoms with Crippen molar-refractivity contribution in [2.24, 2.45) is 0 Å². The van der Waals surface area contributed by atoms with Crippen LogP contribution in [-0.2, 0) is 25.8 Å². The van der Waals surface area contributed by atoms with Crippen molar-refractivity contribution in [1.29, 1.82) is 0 Å².